The Hall–Kier alpha value is -3.38. The van der Waals surface area contributed by atoms with Gasteiger partial charge in [-0.05, 0) is 34.5 Å². The summed E-state index contributed by atoms with van der Waals surface area (Å²) in [6.07, 6.45) is 1.67. The van der Waals surface area contributed by atoms with Gasteiger partial charge in [0.1, 0.15) is 5.75 Å². The van der Waals surface area contributed by atoms with E-state index in [1.165, 1.54) is 24.4 Å². The lowest BCUT2D eigenvalue weighted by molar-refractivity contribution is -0.117. The minimum Gasteiger partial charge on any atom is -0.506 e. The molecule has 3 aromatic rings. The third-order valence-electron chi connectivity index (χ3n) is 3.99. The van der Waals surface area contributed by atoms with Crippen LogP contribution in [0.2, 0.25) is 5.02 Å². The fourth-order valence-corrected chi connectivity index (χ4v) is 2.89. The number of benzene rings is 3. The Morgan fingerprint density at radius 1 is 1.11 bits per heavy atom. The van der Waals surface area contributed by atoms with Crippen LogP contribution in [0, 0.1) is 0 Å². The molecule has 0 fully saturated rings. The number of nitrogens with zero attached hydrogens (tertiary/aromatic N) is 1. The van der Waals surface area contributed by atoms with Gasteiger partial charge in [0.2, 0.25) is 5.91 Å². The monoisotopic (exact) mass is 381 g/mol. The van der Waals surface area contributed by atoms with Gasteiger partial charge in [0, 0.05) is 11.1 Å². The zero-order chi connectivity index (χ0) is 19.4. The molecule has 0 aliphatic carbocycles. The van der Waals surface area contributed by atoms with E-state index >= 15 is 0 Å². The summed E-state index contributed by atoms with van der Waals surface area (Å²) in [7, 11) is 0. The maximum atomic E-state index is 12.1. The highest BCUT2D eigenvalue weighted by atomic mass is 35.5. The smallest absolute Gasteiger partial charge is 0.271 e. The summed E-state index contributed by atoms with van der Waals surface area (Å²) in [5, 5.41) is 15.3. The second-order valence-corrected chi connectivity index (χ2v) is 6.28. The second kappa shape index (κ2) is 7.88. The van der Waals surface area contributed by atoms with Crippen molar-refractivity contribution < 1.29 is 14.7 Å². The Balaban J connectivity index is 1.83. The molecule has 0 saturated carbocycles. The van der Waals surface area contributed by atoms with Crippen molar-refractivity contribution in [1.29, 1.82) is 0 Å². The van der Waals surface area contributed by atoms with Crippen molar-refractivity contribution in [2.75, 3.05) is 0 Å². The Labute approximate surface area is 160 Å². The van der Waals surface area contributed by atoms with E-state index < -0.39 is 11.8 Å². The van der Waals surface area contributed by atoms with Gasteiger partial charge in [0.15, 0.2) is 0 Å². The van der Waals surface area contributed by atoms with Crippen molar-refractivity contribution in [2.45, 2.75) is 6.42 Å². The molecule has 136 valence electrons. The molecule has 2 amide bonds. The number of hydrogen-bond acceptors (Lipinski definition) is 4. The molecule has 7 heteroatoms. The molecule has 0 aliphatic rings. The number of hydrogen-bond donors (Lipinski definition) is 3. The summed E-state index contributed by atoms with van der Waals surface area (Å²) in [4.78, 5) is 23.4. The van der Waals surface area contributed by atoms with Crippen LogP contribution < -0.4 is 11.2 Å². The first-order valence-electron chi connectivity index (χ1n) is 8.06. The quantitative estimate of drug-likeness (QED) is 0.467. The normalized spacial score (nSPS) is 11.0. The minimum absolute atomic E-state index is 0.0858. The number of primary amides is 1. The molecular formula is C20H16ClN3O3. The molecule has 3 rings (SSSR count). The number of aromatic hydroxyl groups is 1. The van der Waals surface area contributed by atoms with Gasteiger partial charge in [0.25, 0.3) is 5.91 Å². The summed E-state index contributed by atoms with van der Waals surface area (Å²) in [6, 6.07) is 15.3. The molecule has 0 bridgehead atoms. The fraction of sp³-hybridized carbons (Fsp3) is 0.0500. The number of phenols is 1. The number of nitrogens with two attached hydrogens (primary N) is 1. The first-order valence-corrected chi connectivity index (χ1v) is 8.44. The molecular weight excluding hydrogens is 366 g/mol. The number of amides is 2. The molecule has 0 aromatic heterocycles. The Morgan fingerprint density at radius 3 is 2.56 bits per heavy atom. The van der Waals surface area contributed by atoms with Crippen molar-refractivity contribution >= 4 is 40.4 Å². The lowest BCUT2D eigenvalue weighted by atomic mass is 9.98. The molecule has 4 N–H and O–H groups in total. The minimum atomic E-state index is -0.456. The third kappa shape index (κ3) is 4.24. The lowest BCUT2D eigenvalue weighted by Crippen LogP contribution is -2.17. The van der Waals surface area contributed by atoms with Crippen LogP contribution in [0.5, 0.6) is 5.75 Å². The molecule has 0 unspecified atom stereocenters. The highest BCUT2D eigenvalue weighted by molar-refractivity contribution is 6.32. The molecule has 3 aromatic carbocycles. The highest BCUT2D eigenvalue weighted by Crippen LogP contribution is 2.24. The second-order valence-electron chi connectivity index (χ2n) is 5.87. The zero-order valence-corrected chi connectivity index (χ0v) is 14.9. The molecule has 6 nitrogen and oxygen atoms in total. The van der Waals surface area contributed by atoms with E-state index in [4.69, 9.17) is 17.3 Å². The van der Waals surface area contributed by atoms with E-state index in [1.54, 1.807) is 0 Å². The van der Waals surface area contributed by atoms with Crippen molar-refractivity contribution in [1.82, 2.24) is 5.43 Å². The van der Waals surface area contributed by atoms with Gasteiger partial charge < -0.3 is 10.8 Å². The van der Waals surface area contributed by atoms with Crippen molar-refractivity contribution in [3.05, 3.63) is 76.3 Å². The molecule has 0 radical (unpaired) electrons. The standard InChI is InChI=1S/C20H16ClN3O3/c21-17-9-13(7-8-18(17)25)20(27)24-23-11-14-6-5-12(10-19(22)26)15-3-1-2-4-16(14)15/h1-9,11,25H,10H2,(H2,22,26)(H,24,27)/b23-11+. The molecule has 0 saturated heterocycles. The average Bonchev–Trinajstić information content (AvgIpc) is 2.65. The fourth-order valence-electron chi connectivity index (χ4n) is 2.71. The van der Waals surface area contributed by atoms with Crippen LogP contribution in [0.4, 0.5) is 0 Å². The number of rotatable bonds is 5. The zero-order valence-electron chi connectivity index (χ0n) is 14.1. The number of carbonyl (C=O) groups is 2. The molecule has 0 heterocycles. The van der Waals surface area contributed by atoms with Crippen LogP contribution in [0.1, 0.15) is 21.5 Å². The van der Waals surface area contributed by atoms with Crippen molar-refractivity contribution in [3.8, 4) is 5.75 Å². The molecule has 0 atom stereocenters. The average molecular weight is 382 g/mol. The van der Waals surface area contributed by atoms with Gasteiger partial charge >= 0.3 is 0 Å². The van der Waals surface area contributed by atoms with Crippen LogP contribution >= 0.6 is 11.6 Å². The van der Waals surface area contributed by atoms with E-state index in [9.17, 15) is 14.7 Å². The number of phenolic OH excluding ortho intramolecular Hbond substituents is 1. The maximum absolute atomic E-state index is 12.1. The Morgan fingerprint density at radius 2 is 1.85 bits per heavy atom. The van der Waals surface area contributed by atoms with Crippen LogP contribution in [-0.2, 0) is 11.2 Å². The first kappa shape index (κ1) is 18.4. The van der Waals surface area contributed by atoms with E-state index in [2.05, 4.69) is 10.5 Å². The lowest BCUT2D eigenvalue weighted by Gasteiger charge is -2.08. The van der Waals surface area contributed by atoms with Gasteiger partial charge in [-0.1, -0.05) is 48.0 Å². The molecule has 27 heavy (non-hydrogen) atoms. The predicted octanol–water partition coefficient (Wildman–Crippen LogP) is 2.99. The summed E-state index contributed by atoms with van der Waals surface area (Å²) < 4.78 is 0. The number of fused-ring (bicyclic) bond motifs is 1. The van der Waals surface area contributed by atoms with E-state index in [0.29, 0.717) is 0 Å². The Bertz CT molecular complexity index is 1060. The van der Waals surface area contributed by atoms with Crippen LogP contribution in [0.25, 0.3) is 10.8 Å². The van der Waals surface area contributed by atoms with Crippen LogP contribution in [-0.4, -0.2) is 23.1 Å². The van der Waals surface area contributed by atoms with Crippen LogP contribution in [0.15, 0.2) is 59.7 Å². The van der Waals surface area contributed by atoms with E-state index in [0.717, 1.165) is 21.9 Å². The third-order valence-corrected chi connectivity index (χ3v) is 4.30. The van der Waals surface area contributed by atoms with E-state index in [-0.39, 0.29) is 22.8 Å². The van der Waals surface area contributed by atoms with Crippen molar-refractivity contribution in [2.24, 2.45) is 10.8 Å². The number of hydrazone groups is 1. The summed E-state index contributed by atoms with van der Waals surface area (Å²) >= 11 is 5.80. The van der Waals surface area contributed by atoms with Gasteiger partial charge in [-0.2, -0.15) is 5.10 Å². The van der Waals surface area contributed by atoms with Crippen LogP contribution in [0.3, 0.4) is 0 Å². The van der Waals surface area contributed by atoms with E-state index in [1.807, 2.05) is 36.4 Å². The molecule has 0 spiro atoms. The van der Waals surface area contributed by atoms with Gasteiger partial charge in [0.05, 0.1) is 17.7 Å². The predicted molar refractivity (Wildman–Crippen MR) is 105 cm³/mol. The first-order chi connectivity index (χ1) is 13.0. The summed E-state index contributed by atoms with van der Waals surface area (Å²) in [6.45, 7) is 0. The number of halogens is 1. The number of carbonyl (C=O) groups excluding carboxylic acids is 2. The van der Waals surface area contributed by atoms with Gasteiger partial charge in [-0.15, -0.1) is 0 Å². The SMILES string of the molecule is NC(=O)Cc1ccc(/C=N/NC(=O)c2ccc(O)c(Cl)c2)c2ccccc12. The summed E-state index contributed by atoms with van der Waals surface area (Å²) in [5.74, 6) is -0.955. The maximum Gasteiger partial charge on any atom is 0.271 e. The van der Waals surface area contributed by atoms with Gasteiger partial charge in [-0.3, -0.25) is 9.59 Å². The van der Waals surface area contributed by atoms with Crippen molar-refractivity contribution in [3.63, 3.8) is 0 Å². The highest BCUT2D eigenvalue weighted by Gasteiger charge is 2.09. The number of nitrogens with one attached hydrogen (secondary N) is 1. The Kier molecular flexibility index (Phi) is 5.38. The largest absolute Gasteiger partial charge is 0.506 e. The summed E-state index contributed by atoms with van der Waals surface area (Å²) in [5.41, 5.74) is 9.61. The topological polar surface area (TPSA) is 105 Å². The van der Waals surface area contributed by atoms with Gasteiger partial charge in [-0.25, -0.2) is 5.43 Å². The molecule has 0 aliphatic heterocycles.